The fourth-order valence-electron chi connectivity index (χ4n) is 2.09. The largest absolute Gasteiger partial charge is 0.330 e. The average molecular weight is 248 g/mol. The van der Waals surface area contributed by atoms with E-state index in [1.807, 2.05) is 31.2 Å². The van der Waals surface area contributed by atoms with Crippen molar-refractivity contribution in [1.29, 1.82) is 0 Å². The first-order chi connectivity index (χ1) is 8.52. The average Bonchev–Trinajstić information content (AvgIpc) is 2.27. The number of hydrogen-bond acceptors (Lipinski definition) is 2. The van der Waals surface area contributed by atoms with Gasteiger partial charge in [-0.1, -0.05) is 26.0 Å². The quantitative estimate of drug-likeness (QED) is 0.813. The lowest BCUT2D eigenvalue weighted by atomic mass is 9.93. The molecule has 18 heavy (non-hydrogen) atoms. The van der Waals surface area contributed by atoms with Crippen LogP contribution in [0.25, 0.3) is 0 Å². The number of hydrogen-bond donors (Lipinski definition) is 2. The molecule has 0 aliphatic carbocycles. The molecule has 0 aliphatic heterocycles. The van der Waals surface area contributed by atoms with Gasteiger partial charge in [0.25, 0.3) is 0 Å². The predicted molar refractivity (Wildman–Crippen MR) is 76.4 cm³/mol. The van der Waals surface area contributed by atoms with Crippen molar-refractivity contribution in [2.45, 2.75) is 33.6 Å². The lowest BCUT2D eigenvalue weighted by molar-refractivity contribution is -0.120. The molecule has 0 saturated carbocycles. The van der Waals surface area contributed by atoms with E-state index in [0.717, 1.165) is 24.1 Å². The minimum absolute atomic E-state index is 0.00973. The third-order valence-electron chi connectivity index (χ3n) is 2.93. The molecule has 0 spiro atoms. The van der Waals surface area contributed by atoms with Gasteiger partial charge in [0.2, 0.25) is 5.91 Å². The zero-order valence-electron chi connectivity index (χ0n) is 11.6. The van der Waals surface area contributed by atoms with E-state index in [1.54, 1.807) is 0 Å². The molecule has 100 valence electrons. The van der Waals surface area contributed by atoms with Crippen LogP contribution in [-0.4, -0.2) is 12.5 Å². The molecule has 0 aromatic heterocycles. The molecule has 0 saturated heterocycles. The Morgan fingerprint density at radius 3 is 2.67 bits per heavy atom. The van der Waals surface area contributed by atoms with Gasteiger partial charge in [0.1, 0.15) is 0 Å². The van der Waals surface area contributed by atoms with E-state index in [0.29, 0.717) is 12.5 Å². The smallest absolute Gasteiger partial charge is 0.227 e. The highest BCUT2D eigenvalue weighted by Gasteiger charge is 2.19. The minimum Gasteiger partial charge on any atom is -0.330 e. The van der Waals surface area contributed by atoms with Crippen molar-refractivity contribution in [3.8, 4) is 0 Å². The Morgan fingerprint density at radius 1 is 1.39 bits per heavy atom. The number of anilines is 1. The molecular formula is C15H24N2O. The first-order valence-corrected chi connectivity index (χ1v) is 6.60. The van der Waals surface area contributed by atoms with Crippen LogP contribution in [0.4, 0.5) is 5.69 Å². The normalized spacial score (nSPS) is 12.5. The summed E-state index contributed by atoms with van der Waals surface area (Å²) < 4.78 is 0. The summed E-state index contributed by atoms with van der Waals surface area (Å²) in [6.07, 6.45) is 1.63. The topological polar surface area (TPSA) is 55.1 Å². The fraction of sp³-hybridized carbons (Fsp3) is 0.533. The maximum atomic E-state index is 12.2. The third kappa shape index (κ3) is 4.88. The number of amides is 1. The fourth-order valence-corrected chi connectivity index (χ4v) is 2.09. The molecule has 1 unspecified atom stereocenters. The molecule has 1 rings (SSSR count). The molecule has 0 radical (unpaired) electrons. The van der Waals surface area contributed by atoms with Gasteiger partial charge in [-0.2, -0.15) is 0 Å². The Bertz CT molecular complexity index is 388. The molecular weight excluding hydrogens is 224 g/mol. The summed E-state index contributed by atoms with van der Waals surface area (Å²) in [5.74, 6) is 0.597. The third-order valence-corrected chi connectivity index (χ3v) is 2.93. The van der Waals surface area contributed by atoms with Crippen molar-refractivity contribution >= 4 is 11.6 Å². The van der Waals surface area contributed by atoms with Crippen LogP contribution in [0.2, 0.25) is 0 Å². The second-order valence-corrected chi connectivity index (χ2v) is 5.26. The summed E-state index contributed by atoms with van der Waals surface area (Å²) in [5.41, 5.74) is 7.59. The molecule has 0 bridgehead atoms. The van der Waals surface area contributed by atoms with Crippen molar-refractivity contribution in [3.63, 3.8) is 0 Å². The highest BCUT2D eigenvalue weighted by molar-refractivity contribution is 5.92. The van der Waals surface area contributed by atoms with E-state index in [-0.39, 0.29) is 11.8 Å². The summed E-state index contributed by atoms with van der Waals surface area (Å²) in [6, 6.07) is 7.86. The van der Waals surface area contributed by atoms with Gasteiger partial charge in [0.15, 0.2) is 0 Å². The standard InChI is InChI=1S/C15H24N2O/c1-11(2)9-13(7-8-16)15(18)17-14-6-4-5-12(3)10-14/h4-6,10-11,13H,7-9,16H2,1-3H3,(H,17,18). The maximum absolute atomic E-state index is 12.2. The molecule has 3 nitrogen and oxygen atoms in total. The Kier molecular flexibility index (Phi) is 5.86. The first kappa shape index (κ1) is 14.7. The number of rotatable bonds is 6. The van der Waals surface area contributed by atoms with E-state index in [2.05, 4.69) is 19.2 Å². The highest BCUT2D eigenvalue weighted by Crippen LogP contribution is 2.18. The summed E-state index contributed by atoms with van der Waals surface area (Å²) in [7, 11) is 0. The molecule has 3 N–H and O–H groups in total. The monoisotopic (exact) mass is 248 g/mol. The van der Waals surface area contributed by atoms with Gasteiger partial charge in [-0.05, 0) is 49.9 Å². The molecule has 3 heteroatoms. The lowest BCUT2D eigenvalue weighted by Gasteiger charge is -2.18. The maximum Gasteiger partial charge on any atom is 0.227 e. The van der Waals surface area contributed by atoms with Crippen LogP contribution < -0.4 is 11.1 Å². The van der Waals surface area contributed by atoms with Gasteiger partial charge >= 0.3 is 0 Å². The SMILES string of the molecule is Cc1cccc(NC(=O)C(CCN)CC(C)C)c1. The summed E-state index contributed by atoms with van der Waals surface area (Å²) in [4.78, 5) is 12.2. The number of aryl methyl sites for hydroxylation is 1. The zero-order valence-corrected chi connectivity index (χ0v) is 11.6. The number of nitrogens with two attached hydrogens (primary N) is 1. The van der Waals surface area contributed by atoms with Gasteiger partial charge < -0.3 is 11.1 Å². The zero-order chi connectivity index (χ0) is 13.5. The predicted octanol–water partition coefficient (Wildman–Crippen LogP) is 2.94. The van der Waals surface area contributed by atoms with Crippen LogP contribution in [0.5, 0.6) is 0 Å². The summed E-state index contributed by atoms with van der Waals surface area (Å²) in [6.45, 7) is 6.83. The van der Waals surface area contributed by atoms with Crippen LogP contribution in [0.3, 0.4) is 0 Å². The summed E-state index contributed by atoms with van der Waals surface area (Å²) in [5, 5.41) is 2.98. The number of benzene rings is 1. The second-order valence-electron chi connectivity index (χ2n) is 5.26. The van der Waals surface area contributed by atoms with Crippen molar-refractivity contribution in [1.82, 2.24) is 0 Å². The van der Waals surface area contributed by atoms with Gasteiger partial charge in [-0.3, -0.25) is 4.79 Å². The van der Waals surface area contributed by atoms with Crippen LogP contribution in [-0.2, 0) is 4.79 Å². The van der Waals surface area contributed by atoms with Crippen LogP contribution in [0.1, 0.15) is 32.3 Å². The van der Waals surface area contributed by atoms with E-state index in [1.165, 1.54) is 0 Å². The van der Waals surface area contributed by atoms with E-state index < -0.39 is 0 Å². The highest BCUT2D eigenvalue weighted by atomic mass is 16.1. The Balaban J connectivity index is 2.66. The van der Waals surface area contributed by atoms with Crippen molar-refractivity contribution < 1.29 is 4.79 Å². The molecule has 1 aromatic rings. The van der Waals surface area contributed by atoms with Crippen LogP contribution in [0.15, 0.2) is 24.3 Å². The second kappa shape index (κ2) is 7.17. The van der Waals surface area contributed by atoms with Gasteiger partial charge in [-0.15, -0.1) is 0 Å². The molecule has 0 aliphatic rings. The van der Waals surface area contributed by atoms with E-state index in [4.69, 9.17) is 5.73 Å². The van der Waals surface area contributed by atoms with Crippen molar-refractivity contribution in [2.24, 2.45) is 17.6 Å². The lowest BCUT2D eigenvalue weighted by Crippen LogP contribution is -2.26. The molecule has 0 heterocycles. The van der Waals surface area contributed by atoms with E-state index in [9.17, 15) is 4.79 Å². The van der Waals surface area contributed by atoms with Crippen LogP contribution in [0, 0.1) is 18.8 Å². The molecule has 0 fully saturated rings. The minimum atomic E-state index is 0.00973. The van der Waals surface area contributed by atoms with Crippen LogP contribution >= 0.6 is 0 Å². The summed E-state index contributed by atoms with van der Waals surface area (Å²) >= 11 is 0. The number of carbonyl (C=O) groups is 1. The molecule has 1 atom stereocenters. The Morgan fingerprint density at radius 2 is 2.11 bits per heavy atom. The first-order valence-electron chi connectivity index (χ1n) is 6.60. The van der Waals surface area contributed by atoms with Crippen molar-refractivity contribution in [3.05, 3.63) is 29.8 Å². The van der Waals surface area contributed by atoms with E-state index >= 15 is 0 Å². The van der Waals surface area contributed by atoms with Gasteiger partial charge in [0, 0.05) is 11.6 Å². The van der Waals surface area contributed by atoms with Crippen molar-refractivity contribution in [2.75, 3.05) is 11.9 Å². The number of nitrogens with one attached hydrogen (secondary N) is 1. The Hall–Kier alpha value is -1.35. The number of carbonyl (C=O) groups excluding carboxylic acids is 1. The van der Waals surface area contributed by atoms with Gasteiger partial charge in [0.05, 0.1) is 0 Å². The molecule has 1 amide bonds. The Labute approximate surface area is 110 Å². The molecule has 1 aromatic carbocycles. The van der Waals surface area contributed by atoms with Gasteiger partial charge in [-0.25, -0.2) is 0 Å².